The van der Waals surface area contributed by atoms with Gasteiger partial charge in [0.2, 0.25) is 0 Å². The molecule has 0 bridgehead atoms. The van der Waals surface area contributed by atoms with Crippen LogP contribution in [0.5, 0.6) is 0 Å². The lowest BCUT2D eigenvalue weighted by Gasteiger charge is -2.08. The first kappa shape index (κ1) is 19.4. The Balaban J connectivity index is 1.76. The number of rotatable bonds is 4. The van der Waals surface area contributed by atoms with Crippen LogP contribution in [0.2, 0.25) is 5.02 Å². The van der Waals surface area contributed by atoms with Crippen LogP contribution in [0.25, 0.3) is 21.3 Å². The Hall–Kier alpha value is -2.96. The first-order valence-corrected chi connectivity index (χ1v) is 10.1. The third-order valence-corrected chi connectivity index (χ3v) is 5.98. The van der Waals surface area contributed by atoms with Gasteiger partial charge in [0.25, 0.3) is 5.56 Å². The lowest BCUT2D eigenvalue weighted by atomic mass is 10.0. The van der Waals surface area contributed by atoms with Crippen molar-refractivity contribution in [1.29, 1.82) is 0 Å². The van der Waals surface area contributed by atoms with E-state index < -0.39 is 5.97 Å². The summed E-state index contributed by atoms with van der Waals surface area (Å²) >= 11 is 7.52. The van der Waals surface area contributed by atoms with Crippen molar-refractivity contribution in [3.8, 4) is 11.1 Å². The van der Waals surface area contributed by atoms with Crippen LogP contribution in [0, 0.1) is 6.92 Å². The Kier molecular flexibility index (Phi) is 5.22. The number of halogens is 1. The average Bonchev–Trinajstić information content (AvgIpc) is 3.07. The molecule has 4 aromatic rings. The number of benzene rings is 2. The van der Waals surface area contributed by atoms with Crippen molar-refractivity contribution in [2.24, 2.45) is 0 Å². The summed E-state index contributed by atoms with van der Waals surface area (Å²) in [5.41, 5.74) is 3.10. The molecule has 4 rings (SSSR count). The summed E-state index contributed by atoms with van der Waals surface area (Å²) in [5, 5.41) is 1.26. The highest BCUT2D eigenvalue weighted by Gasteiger charge is 2.17. The molecule has 5 nitrogen and oxygen atoms in total. The SMILES string of the molecule is COC(=O)c1ccc(Cn2cnc3sc(C)c(-c4ccc(Cl)cc4)c3c2=O)cc1. The van der Waals surface area contributed by atoms with Gasteiger partial charge in [-0.3, -0.25) is 9.36 Å². The average molecular weight is 425 g/mol. The second-order valence-corrected chi connectivity index (χ2v) is 8.23. The molecule has 0 aliphatic rings. The number of aromatic nitrogens is 2. The van der Waals surface area contributed by atoms with Gasteiger partial charge in [0, 0.05) is 15.5 Å². The van der Waals surface area contributed by atoms with Crippen LogP contribution in [0.4, 0.5) is 0 Å². The predicted molar refractivity (Wildman–Crippen MR) is 116 cm³/mol. The molecule has 2 aromatic carbocycles. The van der Waals surface area contributed by atoms with Gasteiger partial charge in [-0.15, -0.1) is 11.3 Å². The van der Waals surface area contributed by atoms with E-state index >= 15 is 0 Å². The third-order valence-electron chi connectivity index (χ3n) is 4.72. The minimum Gasteiger partial charge on any atom is -0.465 e. The minimum absolute atomic E-state index is 0.0960. The highest BCUT2D eigenvalue weighted by atomic mass is 35.5. The van der Waals surface area contributed by atoms with Crippen molar-refractivity contribution in [3.05, 3.63) is 86.2 Å². The summed E-state index contributed by atoms with van der Waals surface area (Å²) in [6.07, 6.45) is 1.57. The number of nitrogens with zero attached hydrogens (tertiary/aromatic N) is 2. The predicted octanol–water partition coefficient (Wildman–Crippen LogP) is 4.92. The number of hydrogen-bond acceptors (Lipinski definition) is 5. The Bertz CT molecular complexity index is 1260. The van der Waals surface area contributed by atoms with E-state index in [2.05, 4.69) is 4.98 Å². The Morgan fingerprint density at radius 1 is 1.14 bits per heavy atom. The monoisotopic (exact) mass is 424 g/mol. The highest BCUT2D eigenvalue weighted by molar-refractivity contribution is 7.19. The molecule has 0 fully saturated rings. The zero-order valence-electron chi connectivity index (χ0n) is 15.8. The number of hydrogen-bond donors (Lipinski definition) is 0. The van der Waals surface area contributed by atoms with Crippen molar-refractivity contribution >= 4 is 39.1 Å². The van der Waals surface area contributed by atoms with E-state index in [-0.39, 0.29) is 5.56 Å². The van der Waals surface area contributed by atoms with Crippen LogP contribution in [-0.4, -0.2) is 22.6 Å². The van der Waals surface area contributed by atoms with Crippen molar-refractivity contribution in [3.63, 3.8) is 0 Å². The van der Waals surface area contributed by atoms with Gasteiger partial charge in [0.05, 0.1) is 30.9 Å². The van der Waals surface area contributed by atoms with E-state index in [1.807, 2.05) is 43.3 Å². The number of aryl methyl sites for hydroxylation is 1. The number of ether oxygens (including phenoxy) is 1. The number of esters is 1. The molecule has 7 heteroatoms. The minimum atomic E-state index is -0.391. The molecule has 0 saturated heterocycles. The first-order valence-electron chi connectivity index (χ1n) is 8.89. The summed E-state index contributed by atoms with van der Waals surface area (Å²) < 4.78 is 6.30. The molecule has 0 aliphatic carbocycles. The largest absolute Gasteiger partial charge is 0.465 e. The van der Waals surface area contributed by atoms with E-state index in [4.69, 9.17) is 16.3 Å². The Morgan fingerprint density at radius 3 is 2.48 bits per heavy atom. The van der Waals surface area contributed by atoms with Gasteiger partial charge in [-0.1, -0.05) is 35.9 Å². The molecule has 0 unspecified atom stereocenters. The van der Waals surface area contributed by atoms with Crippen molar-refractivity contribution in [1.82, 2.24) is 9.55 Å². The molecule has 146 valence electrons. The van der Waals surface area contributed by atoms with E-state index in [9.17, 15) is 9.59 Å². The summed E-state index contributed by atoms with van der Waals surface area (Å²) in [5.74, 6) is -0.391. The molecular formula is C22H17ClN2O3S. The van der Waals surface area contributed by atoms with Crippen molar-refractivity contribution < 1.29 is 9.53 Å². The lowest BCUT2D eigenvalue weighted by molar-refractivity contribution is 0.0600. The van der Waals surface area contributed by atoms with Crippen molar-refractivity contribution in [2.75, 3.05) is 7.11 Å². The van der Waals surface area contributed by atoms with E-state index in [0.717, 1.165) is 26.4 Å². The maximum atomic E-state index is 13.3. The summed E-state index contributed by atoms with van der Waals surface area (Å²) in [6.45, 7) is 2.35. The number of methoxy groups -OCH3 is 1. The fourth-order valence-corrected chi connectivity index (χ4v) is 4.40. The molecule has 2 aromatic heterocycles. The van der Waals surface area contributed by atoms with Crippen molar-refractivity contribution in [2.45, 2.75) is 13.5 Å². The van der Waals surface area contributed by atoms with Crippen LogP contribution >= 0.6 is 22.9 Å². The van der Waals surface area contributed by atoms with Gasteiger partial charge in [0.1, 0.15) is 4.83 Å². The standard InChI is InChI=1S/C22H17ClN2O3S/c1-13-18(15-7-9-17(23)10-8-15)19-20(29-13)24-12-25(21(19)26)11-14-3-5-16(6-4-14)22(27)28-2/h3-10,12H,11H2,1-2H3. The first-order chi connectivity index (χ1) is 14.0. The third kappa shape index (κ3) is 3.69. The number of thiophene rings is 1. The summed E-state index contributed by atoms with van der Waals surface area (Å²) in [7, 11) is 1.35. The molecule has 0 spiro atoms. The molecule has 29 heavy (non-hydrogen) atoms. The molecule has 0 atom stereocenters. The Morgan fingerprint density at radius 2 is 1.83 bits per heavy atom. The quantitative estimate of drug-likeness (QED) is 0.436. The van der Waals surface area contributed by atoms with Gasteiger partial charge in [-0.25, -0.2) is 9.78 Å². The highest BCUT2D eigenvalue weighted by Crippen LogP contribution is 2.35. The van der Waals surface area contributed by atoms with Gasteiger partial charge < -0.3 is 4.74 Å². The normalized spacial score (nSPS) is 11.0. The maximum absolute atomic E-state index is 13.3. The molecule has 0 amide bonds. The molecule has 0 N–H and O–H groups in total. The second-order valence-electron chi connectivity index (χ2n) is 6.59. The second kappa shape index (κ2) is 7.81. The molecule has 0 aliphatic heterocycles. The smallest absolute Gasteiger partial charge is 0.337 e. The lowest BCUT2D eigenvalue weighted by Crippen LogP contribution is -2.21. The number of carbonyl (C=O) groups is 1. The van der Waals surface area contributed by atoms with Gasteiger partial charge >= 0.3 is 5.97 Å². The molecule has 0 radical (unpaired) electrons. The number of fused-ring (bicyclic) bond motifs is 1. The fourth-order valence-electron chi connectivity index (χ4n) is 3.28. The molecular weight excluding hydrogens is 408 g/mol. The van der Waals surface area contributed by atoms with Gasteiger partial charge in [-0.2, -0.15) is 0 Å². The number of carbonyl (C=O) groups excluding carboxylic acids is 1. The topological polar surface area (TPSA) is 61.2 Å². The Labute approximate surface area is 176 Å². The fraction of sp³-hybridized carbons (Fsp3) is 0.136. The van der Waals surface area contributed by atoms with E-state index in [0.29, 0.717) is 22.5 Å². The summed E-state index contributed by atoms with van der Waals surface area (Å²) in [4.78, 5) is 31.1. The van der Waals surface area contributed by atoms with Crippen LogP contribution in [0.1, 0.15) is 20.8 Å². The zero-order valence-corrected chi connectivity index (χ0v) is 17.4. The maximum Gasteiger partial charge on any atom is 0.337 e. The van der Waals surface area contributed by atoms with E-state index in [1.165, 1.54) is 18.4 Å². The molecule has 2 heterocycles. The van der Waals surface area contributed by atoms with Gasteiger partial charge in [0.15, 0.2) is 0 Å². The van der Waals surface area contributed by atoms with Crippen LogP contribution in [0.15, 0.2) is 59.7 Å². The molecule has 0 saturated carbocycles. The van der Waals surface area contributed by atoms with Crippen LogP contribution in [0.3, 0.4) is 0 Å². The zero-order chi connectivity index (χ0) is 20.5. The summed E-state index contributed by atoms with van der Waals surface area (Å²) in [6, 6.07) is 14.5. The van der Waals surface area contributed by atoms with Crippen LogP contribution in [-0.2, 0) is 11.3 Å². The van der Waals surface area contributed by atoms with Crippen LogP contribution < -0.4 is 5.56 Å². The van der Waals surface area contributed by atoms with Gasteiger partial charge in [-0.05, 0) is 42.3 Å². The van der Waals surface area contributed by atoms with E-state index in [1.54, 1.807) is 23.0 Å².